The molecule has 0 radical (unpaired) electrons. The van der Waals surface area contributed by atoms with Crippen molar-refractivity contribution in [3.05, 3.63) is 87.9 Å². The molecular weight excluding hydrogens is 379 g/mol. The number of carbonyl (C=O) groups is 1. The number of benzene rings is 2. The van der Waals surface area contributed by atoms with Gasteiger partial charge in [0.15, 0.2) is 5.75 Å². The van der Waals surface area contributed by atoms with Crippen LogP contribution in [0.3, 0.4) is 0 Å². The van der Waals surface area contributed by atoms with Gasteiger partial charge < -0.3 is 15.4 Å². The second-order valence-electron chi connectivity index (χ2n) is 5.97. The van der Waals surface area contributed by atoms with Crippen LogP contribution in [0.4, 0.5) is 21.6 Å². The van der Waals surface area contributed by atoms with Gasteiger partial charge in [0.1, 0.15) is 11.6 Å². The normalized spacial score (nSPS) is 10.3. The van der Waals surface area contributed by atoms with Crippen molar-refractivity contribution in [1.82, 2.24) is 4.98 Å². The van der Waals surface area contributed by atoms with Gasteiger partial charge in [-0.2, -0.15) is 0 Å². The van der Waals surface area contributed by atoms with Crippen molar-refractivity contribution in [3.8, 4) is 5.75 Å². The number of nitro benzene ring substituents is 1. The summed E-state index contributed by atoms with van der Waals surface area (Å²) in [6.07, 6.45) is 1.45. The maximum absolute atomic E-state index is 13.6. The first kappa shape index (κ1) is 19.7. The van der Waals surface area contributed by atoms with Gasteiger partial charge in [-0.1, -0.05) is 18.2 Å². The van der Waals surface area contributed by atoms with E-state index >= 15 is 0 Å². The van der Waals surface area contributed by atoms with Crippen molar-refractivity contribution in [3.63, 3.8) is 0 Å². The van der Waals surface area contributed by atoms with E-state index in [-0.39, 0.29) is 29.4 Å². The van der Waals surface area contributed by atoms with Gasteiger partial charge in [0, 0.05) is 29.8 Å². The SMILES string of the molecule is COc1cc(C(=O)Nc2ccc(NCc3ccccc3F)nc2)ccc1[N+](=O)[O-]. The molecule has 0 fully saturated rings. The zero-order chi connectivity index (χ0) is 20.8. The fraction of sp³-hybridized carbons (Fsp3) is 0.100. The Kier molecular flexibility index (Phi) is 5.98. The highest BCUT2D eigenvalue weighted by Crippen LogP contribution is 2.27. The molecule has 1 aromatic heterocycles. The summed E-state index contributed by atoms with van der Waals surface area (Å²) in [5.41, 5.74) is 0.924. The van der Waals surface area contributed by atoms with Gasteiger partial charge in [-0.25, -0.2) is 9.37 Å². The Hall–Kier alpha value is -4.01. The molecule has 0 aliphatic heterocycles. The van der Waals surface area contributed by atoms with E-state index in [1.54, 1.807) is 30.3 Å². The topological polar surface area (TPSA) is 106 Å². The summed E-state index contributed by atoms with van der Waals surface area (Å²) < 4.78 is 18.6. The van der Waals surface area contributed by atoms with Crippen molar-refractivity contribution >= 4 is 23.1 Å². The highest BCUT2D eigenvalue weighted by molar-refractivity contribution is 6.04. The minimum atomic E-state index is -0.586. The van der Waals surface area contributed by atoms with Crippen LogP contribution in [0, 0.1) is 15.9 Å². The average Bonchev–Trinajstić information content (AvgIpc) is 2.73. The minimum absolute atomic E-state index is 0.00605. The number of rotatable bonds is 7. The summed E-state index contributed by atoms with van der Waals surface area (Å²) in [4.78, 5) is 26.9. The Morgan fingerprint density at radius 3 is 2.66 bits per heavy atom. The Balaban J connectivity index is 1.64. The lowest BCUT2D eigenvalue weighted by Gasteiger charge is -2.09. The molecule has 0 saturated carbocycles. The molecule has 148 valence electrons. The quantitative estimate of drug-likeness (QED) is 0.462. The number of halogens is 1. The Labute approximate surface area is 165 Å². The molecule has 8 nitrogen and oxygen atoms in total. The van der Waals surface area contributed by atoms with Crippen LogP contribution in [-0.2, 0) is 6.54 Å². The lowest BCUT2D eigenvalue weighted by Crippen LogP contribution is -2.12. The number of carbonyl (C=O) groups excluding carboxylic acids is 1. The summed E-state index contributed by atoms with van der Waals surface area (Å²) in [6.45, 7) is 0.272. The first-order valence-electron chi connectivity index (χ1n) is 8.55. The van der Waals surface area contributed by atoms with Crippen molar-refractivity contribution in [2.24, 2.45) is 0 Å². The molecule has 1 amide bonds. The van der Waals surface area contributed by atoms with E-state index in [9.17, 15) is 19.3 Å². The minimum Gasteiger partial charge on any atom is -0.490 e. The zero-order valence-electron chi connectivity index (χ0n) is 15.4. The van der Waals surface area contributed by atoms with Crippen LogP contribution >= 0.6 is 0 Å². The van der Waals surface area contributed by atoms with Gasteiger partial charge >= 0.3 is 5.69 Å². The molecule has 3 aromatic rings. The predicted octanol–water partition coefficient (Wildman–Crippen LogP) is 4.00. The summed E-state index contributed by atoms with van der Waals surface area (Å²) in [5.74, 6) is -0.258. The molecule has 0 spiro atoms. The third kappa shape index (κ3) is 4.83. The highest BCUT2D eigenvalue weighted by atomic mass is 19.1. The van der Waals surface area contributed by atoms with Crippen LogP contribution in [0.2, 0.25) is 0 Å². The van der Waals surface area contributed by atoms with Crippen LogP contribution in [0.25, 0.3) is 0 Å². The maximum atomic E-state index is 13.6. The molecular formula is C20H17FN4O4. The standard InChI is InChI=1S/C20H17FN4O4/c1-29-18-10-13(6-8-17(18)25(27)28)20(26)24-15-7-9-19(23-12-15)22-11-14-4-2-3-5-16(14)21/h2-10,12H,11H2,1H3,(H,22,23)(H,24,26). The molecule has 2 aromatic carbocycles. The Morgan fingerprint density at radius 2 is 2.00 bits per heavy atom. The van der Waals surface area contributed by atoms with Gasteiger partial charge in [0.2, 0.25) is 0 Å². The van der Waals surface area contributed by atoms with Crippen molar-refractivity contribution < 1.29 is 18.8 Å². The lowest BCUT2D eigenvalue weighted by atomic mass is 10.1. The summed E-state index contributed by atoms with van der Waals surface area (Å²) in [5, 5.41) is 16.6. The molecule has 0 aliphatic rings. The second kappa shape index (κ2) is 8.79. The fourth-order valence-corrected chi connectivity index (χ4v) is 2.57. The monoisotopic (exact) mass is 396 g/mol. The van der Waals surface area contributed by atoms with Crippen molar-refractivity contribution in [2.75, 3.05) is 17.7 Å². The van der Waals surface area contributed by atoms with Crippen LogP contribution < -0.4 is 15.4 Å². The van der Waals surface area contributed by atoms with E-state index in [1.807, 2.05) is 0 Å². The number of nitrogens with one attached hydrogen (secondary N) is 2. The van der Waals surface area contributed by atoms with E-state index in [1.165, 1.54) is 37.6 Å². The lowest BCUT2D eigenvalue weighted by molar-refractivity contribution is -0.385. The molecule has 0 unspecified atom stereocenters. The van der Waals surface area contributed by atoms with Crippen molar-refractivity contribution in [1.29, 1.82) is 0 Å². The predicted molar refractivity (Wildman–Crippen MR) is 106 cm³/mol. The molecule has 2 N–H and O–H groups in total. The molecule has 3 rings (SSSR count). The van der Waals surface area contributed by atoms with E-state index < -0.39 is 10.8 Å². The Morgan fingerprint density at radius 1 is 1.21 bits per heavy atom. The second-order valence-corrected chi connectivity index (χ2v) is 5.97. The number of hydrogen-bond donors (Lipinski definition) is 2. The number of anilines is 2. The van der Waals surface area contributed by atoms with Crippen LogP contribution in [0.5, 0.6) is 5.75 Å². The average molecular weight is 396 g/mol. The molecule has 29 heavy (non-hydrogen) atoms. The number of pyridine rings is 1. The number of nitrogens with zero attached hydrogens (tertiary/aromatic N) is 2. The molecule has 1 heterocycles. The number of nitro groups is 1. The number of methoxy groups -OCH3 is 1. The fourth-order valence-electron chi connectivity index (χ4n) is 2.57. The van der Waals surface area contributed by atoms with E-state index in [4.69, 9.17) is 4.74 Å². The number of amides is 1. The van der Waals surface area contributed by atoms with Crippen LogP contribution in [0.1, 0.15) is 15.9 Å². The van der Waals surface area contributed by atoms with Gasteiger partial charge in [-0.3, -0.25) is 14.9 Å². The van der Waals surface area contributed by atoms with Gasteiger partial charge in [0.25, 0.3) is 5.91 Å². The van der Waals surface area contributed by atoms with Gasteiger partial charge in [-0.15, -0.1) is 0 Å². The van der Waals surface area contributed by atoms with Crippen LogP contribution in [-0.4, -0.2) is 22.9 Å². The summed E-state index contributed by atoms with van der Waals surface area (Å²) in [6, 6.07) is 13.6. The third-order valence-electron chi connectivity index (χ3n) is 4.08. The first-order valence-corrected chi connectivity index (χ1v) is 8.55. The molecule has 0 atom stereocenters. The smallest absolute Gasteiger partial charge is 0.310 e. The number of hydrogen-bond acceptors (Lipinski definition) is 6. The van der Waals surface area contributed by atoms with Gasteiger partial charge in [-0.05, 0) is 24.3 Å². The van der Waals surface area contributed by atoms with Crippen molar-refractivity contribution in [2.45, 2.75) is 6.54 Å². The summed E-state index contributed by atoms with van der Waals surface area (Å²) in [7, 11) is 1.29. The molecule has 0 bridgehead atoms. The molecule has 9 heteroatoms. The maximum Gasteiger partial charge on any atom is 0.310 e. The van der Waals surface area contributed by atoms with Crippen LogP contribution in [0.15, 0.2) is 60.8 Å². The van der Waals surface area contributed by atoms with E-state index in [2.05, 4.69) is 15.6 Å². The number of aromatic nitrogens is 1. The third-order valence-corrected chi connectivity index (χ3v) is 4.08. The first-order chi connectivity index (χ1) is 14.0. The largest absolute Gasteiger partial charge is 0.490 e. The van der Waals surface area contributed by atoms with E-state index in [0.29, 0.717) is 17.1 Å². The zero-order valence-corrected chi connectivity index (χ0v) is 15.4. The highest BCUT2D eigenvalue weighted by Gasteiger charge is 2.17. The number of ether oxygens (including phenoxy) is 1. The summed E-state index contributed by atoms with van der Waals surface area (Å²) >= 11 is 0. The molecule has 0 saturated heterocycles. The van der Waals surface area contributed by atoms with E-state index in [0.717, 1.165) is 0 Å². The Bertz CT molecular complexity index is 1040. The molecule has 0 aliphatic carbocycles. The van der Waals surface area contributed by atoms with Gasteiger partial charge in [0.05, 0.1) is 23.9 Å².